The summed E-state index contributed by atoms with van der Waals surface area (Å²) in [6, 6.07) is 0. The number of hydrogen-bond donors (Lipinski definition) is 2. The summed E-state index contributed by atoms with van der Waals surface area (Å²) in [7, 11) is 0. The van der Waals surface area contributed by atoms with Crippen LogP contribution in [0.1, 0.15) is 19.3 Å². The third-order valence-electron chi connectivity index (χ3n) is 2.97. The molecule has 1 atom stereocenters. The fraction of sp³-hybridized carbons (Fsp3) is 1.00. The highest BCUT2D eigenvalue weighted by Gasteiger charge is 2.43. The quantitative estimate of drug-likeness (QED) is 0.598. The molecule has 1 unspecified atom stereocenters. The molecule has 2 heterocycles. The van der Waals surface area contributed by atoms with Crippen LogP contribution in [0.2, 0.25) is 0 Å². The van der Waals surface area contributed by atoms with Gasteiger partial charge >= 0.3 is 0 Å². The Hall–Kier alpha value is 0.140. The lowest BCUT2D eigenvalue weighted by Crippen LogP contribution is -2.53. The van der Waals surface area contributed by atoms with Crippen LogP contribution < -0.4 is 10.6 Å². The number of hydrogen-bond acceptors (Lipinski definition) is 2. The molecule has 0 aromatic heterocycles. The number of rotatable bonds is 0. The van der Waals surface area contributed by atoms with E-state index < -0.39 is 6.17 Å². The second-order valence-electron chi connectivity index (χ2n) is 3.59. The van der Waals surface area contributed by atoms with Crippen LogP contribution in [-0.4, -0.2) is 31.3 Å². The van der Waals surface area contributed by atoms with Gasteiger partial charge in [0.1, 0.15) is 6.17 Å². The maximum Gasteiger partial charge on any atom is 0.119 e. The Kier molecular flexibility index (Phi) is 3.32. The van der Waals surface area contributed by atoms with Crippen molar-refractivity contribution in [2.45, 2.75) is 31.0 Å². The van der Waals surface area contributed by atoms with Crippen LogP contribution in [0.15, 0.2) is 0 Å². The molecule has 2 N–H and O–H groups in total. The minimum absolute atomic E-state index is 0. The lowest BCUT2D eigenvalue weighted by atomic mass is 9.86. The van der Waals surface area contributed by atoms with Gasteiger partial charge in [-0.05, 0) is 38.9 Å². The fourth-order valence-electron chi connectivity index (χ4n) is 2.20. The maximum absolute atomic E-state index is 13.4. The van der Waals surface area contributed by atoms with E-state index in [9.17, 15) is 4.39 Å². The van der Waals surface area contributed by atoms with Crippen molar-refractivity contribution in [1.82, 2.24) is 10.6 Å². The first-order valence-electron chi connectivity index (χ1n) is 4.43. The first-order valence-corrected chi connectivity index (χ1v) is 4.43. The molecule has 0 saturated carbocycles. The van der Waals surface area contributed by atoms with Crippen molar-refractivity contribution >= 4 is 12.4 Å². The van der Waals surface area contributed by atoms with Crippen LogP contribution in [0.3, 0.4) is 0 Å². The van der Waals surface area contributed by atoms with E-state index in [1.165, 1.54) is 0 Å². The molecule has 0 radical (unpaired) electrons. The topological polar surface area (TPSA) is 24.1 Å². The highest BCUT2D eigenvalue weighted by Crippen LogP contribution is 2.30. The van der Waals surface area contributed by atoms with Crippen molar-refractivity contribution in [1.29, 1.82) is 0 Å². The zero-order valence-electron chi connectivity index (χ0n) is 7.11. The molecule has 2 nitrogen and oxygen atoms in total. The van der Waals surface area contributed by atoms with Crippen LogP contribution in [0.5, 0.6) is 0 Å². The Bertz CT molecular complexity index is 148. The lowest BCUT2D eigenvalue weighted by Gasteiger charge is -2.35. The van der Waals surface area contributed by atoms with Gasteiger partial charge in [-0.25, -0.2) is 4.39 Å². The van der Waals surface area contributed by atoms with Crippen LogP contribution in [0.25, 0.3) is 0 Å². The fourth-order valence-corrected chi connectivity index (χ4v) is 2.20. The van der Waals surface area contributed by atoms with Crippen molar-refractivity contribution in [3.05, 3.63) is 0 Å². The van der Waals surface area contributed by atoms with Gasteiger partial charge in [-0.3, -0.25) is 0 Å². The summed E-state index contributed by atoms with van der Waals surface area (Å²) in [5, 5.41) is 6.56. The van der Waals surface area contributed by atoms with Crippen LogP contribution >= 0.6 is 12.4 Å². The van der Waals surface area contributed by atoms with Crippen LogP contribution in [0, 0.1) is 0 Å². The van der Waals surface area contributed by atoms with E-state index in [1.807, 2.05) is 0 Å². The molecule has 4 heteroatoms. The molecule has 0 aromatic carbocycles. The molecule has 2 saturated heterocycles. The summed E-state index contributed by atoms with van der Waals surface area (Å²) in [6.07, 6.45) is 2.01. The van der Waals surface area contributed by atoms with Crippen molar-refractivity contribution in [3.63, 3.8) is 0 Å². The number of alkyl halides is 1. The van der Waals surface area contributed by atoms with Gasteiger partial charge in [0.15, 0.2) is 0 Å². The van der Waals surface area contributed by atoms with Crippen molar-refractivity contribution < 1.29 is 4.39 Å². The van der Waals surface area contributed by atoms with Crippen molar-refractivity contribution in [2.24, 2.45) is 0 Å². The molecule has 0 aromatic rings. The predicted molar refractivity (Wildman–Crippen MR) is 49.6 cm³/mol. The van der Waals surface area contributed by atoms with E-state index in [4.69, 9.17) is 0 Å². The van der Waals surface area contributed by atoms with E-state index in [2.05, 4.69) is 10.6 Å². The van der Waals surface area contributed by atoms with Gasteiger partial charge in [-0.15, -0.1) is 12.4 Å². The predicted octanol–water partition coefficient (Wildman–Crippen LogP) is 0.862. The molecule has 12 heavy (non-hydrogen) atoms. The Morgan fingerprint density at radius 3 is 2.33 bits per heavy atom. The van der Waals surface area contributed by atoms with E-state index >= 15 is 0 Å². The third kappa shape index (κ3) is 1.58. The minimum atomic E-state index is -0.607. The van der Waals surface area contributed by atoms with Gasteiger partial charge in [0.05, 0.1) is 5.54 Å². The summed E-state index contributed by atoms with van der Waals surface area (Å²) in [4.78, 5) is 0. The van der Waals surface area contributed by atoms with E-state index in [0.717, 1.165) is 32.5 Å². The summed E-state index contributed by atoms with van der Waals surface area (Å²) in [6.45, 7) is 2.79. The Morgan fingerprint density at radius 1 is 1.17 bits per heavy atom. The largest absolute Gasteiger partial charge is 0.317 e. The van der Waals surface area contributed by atoms with Crippen molar-refractivity contribution in [2.75, 3.05) is 19.6 Å². The molecule has 2 aliphatic heterocycles. The third-order valence-corrected chi connectivity index (χ3v) is 2.97. The summed E-state index contributed by atoms with van der Waals surface area (Å²) < 4.78 is 13.4. The summed E-state index contributed by atoms with van der Waals surface area (Å²) in [5.41, 5.74) is -0.148. The Balaban J connectivity index is 0.000000720. The first kappa shape index (κ1) is 10.2. The molecular formula is C8H16ClFN2. The number of nitrogens with one attached hydrogen (secondary N) is 2. The number of halogens is 2. The molecule has 0 bridgehead atoms. The number of piperidine rings is 1. The van der Waals surface area contributed by atoms with Gasteiger partial charge in [0, 0.05) is 0 Å². The zero-order valence-corrected chi connectivity index (χ0v) is 7.92. The molecule has 2 rings (SSSR count). The van der Waals surface area contributed by atoms with Gasteiger partial charge in [0.2, 0.25) is 0 Å². The molecule has 2 aliphatic rings. The first-order chi connectivity index (χ1) is 5.33. The molecular weight excluding hydrogens is 179 g/mol. The normalized spacial score (nSPS) is 33.2. The summed E-state index contributed by atoms with van der Waals surface area (Å²) in [5.74, 6) is 0. The minimum Gasteiger partial charge on any atom is -0.317 e. The standard InChI is InChI=1S/C8H15FN2.ClH/c9-7-1-4-11-8(7)2-5-10-6-3-8;/h7,10-11H,1-6H2;1H. The zero-order chi connectivity index (χ0) is 7.73. The highest BCUT2D eigenvalue weighted by atomic mass is 35.5. The van der Waals surface area contributed by atoms with Crippen molar-refractivity contribution in [3.8, 4) is 0 Å². The maximum atomic E-state index is 13.4. The van der Waals surface area contributed by atoms with E-state index in [-0.39, 0.29) is 17.9 Å². The average molecular weight is 195 g/mol. The smallest absolute Gasteiger partial charge is 0.119 e. The van der Waals surface area contributed by atoms with Gasteiger partial charge < -0.3 is 10.6 Å². The molecule has 0 amide bonds. The second-order valence-corrected chi connectivity index (χ2v) is 3.59. The molecule has 2 fully saturated rings. The molecule has 0 aliphatic carbocycles. The monoisotopic (exact) mass is 194 g/mol. The molecule has 1 spiro atoms. The van der Waals surface area contributed by atoms with Gasteiger partial charge in [-0.2, -0.15) is 0 Å². The van der Waals surface area contributed by atoms with E-state index in [0.29, 0.717) is 6.42 Å². The van der Waals surface area contributed by atoms with Gasteiger partial charge in [0.25, 0.3) is 0 Å². The van der Waals surface area contributed by atoms with Gasteiger partial charge in [-0.1, -0.05) is 0 Å². The molecule has 72 valence electrons. The second kappa shape index (κ2) is 3.90. The van der Waals surface area contributed by atoms with Crippen LogP contribution in [-0.2, 0) is 0 Å². The Labute approximate surface area is 78.7 Å². The van der Waals surface area contributed by atoms with E-state index in [1.54, 1.807) is 0 Å². The lowest BCUT2D eigenvalue weighted by molar-refractivity contribution is 0.157. The Morgan fingerprint density at radius 2 is 1.83 bits per heavy atom. The average Bonchev–Trinajstić information content (AvgIpc) is 2.36. The highest BCUT2D eigenvalue weighted by molar-refractivity contribution is 5.85. The summed E-state index contributed by atoms with van der Waals surface area (Å²) >= 11 is 0. The van der Waals surface area contributed by atoms with Crippen LogP contribution in [0.4, 0.5) is 4.39 Å². The SMILES string of the molecule is Cl.FC1CCNC12CCNCC2.